The van der Waals surface area contributed by atoms with Gasteiger partial charge in [-0.1, -0.05) is 13.8 Å². The lowest BCUT2D eigenvalue weighted by atomic mass is 10.0. The number of nitrogens with one attached hydrogen (secondary N) is 17. The topological polar surface area (TPSA) is 1000 Å². The Morgan fingerprint density at radius 1 is 0.322 bits per heavy atom. The highest BCUT2D eigenvalue weighted by Gasteiger charge is 2.48. The number of carbonyl (C=O) groups is 26. The number of nitrogens with zero attached hydrogens (tertiary/aromatic N) is 4. The molecule has 146 heavy (non-hydrogen) atoms. The molecule has 36 N–H and O–H groups in total. The summed E-state index contributed by atoms with van der Waals surface area (Å²) in [7, 11) is 0. The quantitative estimate of drug-likeness (QED) is 0.0153. The van der Waals surface area contributed by atoms with Crippen LogP contribution in [-0.4, -0.2) is 429 Å². The molecule has 0 bridgehead atoms. The molecule has 0 aromatic carbocycles. The van der Waals surface area contributed by atoms with Gasteiger partial charge in [-0.3, -0.25) is 130 Å². The van der Waals surface area contributed by atoms with Crippen molar-refractivity contribution in [3.8, 4) is 0 Å². The van der Waals surface area contributed by atoms with Crippen LogP contribution in [0.5, 0.6) is 0 Å². The van der Waals surface area contributed by atoms with Crippen molar-refractivity contribution in [2.45, 2.75) is 283 Å². The zero-order valence-corrected chi connectivity index (χ0v) is 80.4. The first-order chi connectivity index (χ1) is 68.7. The van der Waals surface area contributed by atoms with Crippen LogP contribution in [0.3, 0.4) is 0 Å². The summed E-state index contributed by atoms with van der Waals surface area (Å²) < 4.78 is 0. The summed E-state index contributed by atoms with van der Waals surface area (Å²) in [4.78, 5) is 352. The summed E-state index contributed by atoms with van der Waals surface area (Å²) in [5, 5.41) is 153. The number of hydrogen-bond donors (Lipinski definition) is 32. The summed E-state index contributed by atoms with van der Waals surface area (Å²) in [5.74, 6) is -35.4. The molecule has 816 valence electrons. The molecule has 4 heterocycles. The predicted octanol–water partition coefficient (Wildman–Crippen LogP) is -16.3. The van der Waals surface area contributed by atoms with Crippen molar-refractivity contribution in [1.82, 2.24) is 105 Å². The van der Waals surface area contributed by atoms with Gasteiger partial charge in [0.1, 0.15) is 115 Å². The molecule has 4 rings (SSSR count). The average Bonchev–Trinajstić information content (AvgIpc) is 1.72. The van der Waals surface area contributed by atoms with E-state index in [-0.39, 0.29) is 110 Å². The minimum Gasteiger partial charge on any atom is -0.481 e. The van der Waals surface area contributed by atoms with Crippen molar-refractivity contribution >= 4 is 160 Å². The third-order valence-electron chi connectivity index (χ3n) is 23.6. The lowest BCUT2D eigenvalue weighted by molar-refractivity contribution is -0.149. The fraction of sp³-hybridized carbons (Fsp3) is 0.679. The van der Waals surface area contributed by atoms with E-state index in [1.807, 2.05) is 10.6 Å². The molecule has 4 fully saturated rings. The number of rotatable bonds is 63. The smallest absolute Gasteiger partial charge is 0.325 e. The van der Waals surface area contributed by atoms with Crippen molar-refractivity contribution < 1.29 is 181 Å². The number of carboxylic acids is 6. The predicted molar refractivity (Wildman–Crippen MR) is 491 cm³/mol. The standard InChI is InChI=1S/C84H133N25O37/c1-37(2)63(105-72(134)47(31-62(124)125)98-67(129)42(13-7-23-90-84(88)89)93-65(127)40(86)28-59(118)119)78(140)99-46(30-61(122)123)70(132)95-44(19-21-58(116)117)69(131)100-48(32-110)74(136)104-51(35-113)80(142)107-25-9-15-54(107)76(138)96-43(18-20-57(87)115)68(130)97-45(29-60(120)121)71(133)103-52(36-114)81(143)109-27-11-17-56(109)82(144)108-26-10-16-55(108)77(139)101-49(33-111)73(135)94-41(12-5-6-22-85)66(128)91-38(3)64(126)102-50(34-112)79(141)106-24-8-14-53(106)75(137)92-39(4)83(145)146/h37-56,63,110-114H,5-36,85-86H2,1-4H3,(H2,87,115)(H,91,128)(H,92,137)(H,93,127)(H,94,135)(H,95,132)(H,96,138)(H,97,130)(H,98,129)(H,99,140)(H,100,131)(H,101,139)(H,102,126)(H,103,133)(H,104,136)(H,105,134)(H,116,117)(H,118,119)(H,120,121)(H,122,123)(H,124,125)(H,145,146)(H4,88,89,90)/t38-,39-,40-,41-,42-,43-,44-,45-,46-,47-,48-,49-,50-,51-,52-,53-,54-,55-,56-,63-/m0/s1. The van der Waals surface area contributed by atoms with Gasteiger partial charge in [-0.2, -0.15) is 0 Å². The molecule has 0 aromatic heterocycles. The summed E-state index contributed by atoms with van der Waals surface area (Å²) in [5.41, 5.74) is 22.0. The van der Waals surface area contributed by atoms with E-state index in [0.29, 0.717) is 12.8 Å². The number of carbonyl (C=O) groups excluding carboxylic acids is 20. The summed E-state index contributed by atoms with van der Waals surface area (Å²) >= 11 is 0. The summed E-state index contributed by atoms with van der Waals surface area (Å²) in [6, 6.07) is -35.6. The van der Waals surface area contributed by atoms with Gasteiger partial charge in [-0.05, 0) is 123 Å². The third kappa shape index (κ3) is 39.1. The normalized spacial score (nSPS) is 18.6. The number of nitrogens with two attached hydrogens (primary N) is 4. The van der Waals surface area contributed by atoms with E-state index < -0.39 is 371 Å². The molecular formula is C84H133N25O37. The van der Waals surface area contributed by atoms with Crippen LogP contribution >= 0.6 is 0 Å². The zero-order valence-electron chi connectivity index (χ0n) is 80.4. The average molecular weight is 2090 g/mol. The van der Waals surface area contributed by atoms with Crippen LogP contribution in [0, 0.1) is 11.3 Å². The number of guanidine groups is 1. The van der Waals surface area contributed by atoms with Crippen molar-refractivity contribution in [3.63, 3.8) is 0 Å². The Bertz CT molecular complexity index is 4740. The van der Waals surface area contributed by atoms with E-state index in [1.54, 1.807) is 0 Å². The van der Waals surface area contributed by atoms with E-state index in [4.69, 9.17) is 33.5 Å². The molecule has 20 amide bonds. The lowest BCUT2D eigenvalue weighted by Gasteiger charge is -2.33. The highest BCUT2D eigenvalue weighted by atomic mass is 16.4. The Morgan fingerprint density at radius 3 is 1.04 bits per heavy atom. The van der Waals surface area contributed by atoms with Crippen molar-refractivity contribution in [2.75, 3.05) is 72.3 Å². The maximum absolute atomic E-state index is 14.6. The van der Waals surface area contributed by atoms with Gasteiger partial charge in [0, 0.05) is 45.6 Å². The minimum atomic E-state index is -2.26. The van der Waals surface area contributed by atoms with Gasteiger partial charge < -0.3 is 184 Å². The molecule has 62 heteroatoms. The third-order valence-corrected chi connectivity index (χ3v) is 23.6. The second-order valence-corrected chi connectivity index (χ2v) is 35.1. The van der Waals surface area contributed by atoms with E-state index in [0.717, 1.165) is 19.6 Å². The molecule has 4 saturated heterocycles. The Morgan fingerprint density at radius 2 is 0.637 bits per heavy atom. The molecule has 0 aliphatic carbocycles. The number of amides is 20. The maximum Gasteiger partial charge on any atom is 0.325 e. The van der Waals surface area contributed by atoms with Crippen LogP contribution in [-0.2, 0) is 125 Å². The van der Waals surface area contributed by atoms with E-state index in [9.17, 15) is 176 Å². The monoisotopic (exact) mass is 2080 g/mol. The Balaban J connectivity index is 1.46. The molecule has 62 nitrogen and oxygen atoms in total. The molecule has 20 atom stereocenters. The molecule has 0 radical (unpaired) electrons. The SMILES string of the molecule is CC(C)[C@H](NC(=O)[C@H](CC(=O)O)NC(=O)[C@H](CCCNC(=N)N)NC(=O)[C@@H](N)CC(=O)O)C(=O)N[C@@H](CC(=O)O)C(=O)N[C@@H](CCC(=O)O)C(=O)N[C@@H](CO)C(=O)N[C@@H](CO)C(=O)N1CCC[C@H]1C(=O)N[C@@H](CCC(N)=O)C(=O)N[C@@H](CC(=O)O)C(=O)N[C@@H](CO)C(=O)N1CCC[C@H]1C(=O)N1CCC[C@H]1C(=O)N[C@@H](CO)C(=O)N[C@@H](CCCCN)C(=O)N[C@@H](C)C(=O)N[C@@H](CO)C(=O)N1CCC[C@H]1C(=O)N[C@@H](C)C(=O)O. The fourth-order valence-electron chi connectivity index (χ4n) is 15.8. The van der Waals surface area contributed by atoms with Crippen LogP contribution in [0.2, 0.25) is 0 Å². The van der Waals surface area contributed by atoms with Crippen molar-refractivity contribution in [3.05, 3.63) is 0 Å². The number of aliphatic carboxylic acids is 6. The van der Waals surface area contributed by atoms with Crippen LogP contribution in [0.4, 0.5) is 0 Å². The molecule has 0 aromatic rings. The van der Waals surface area contributed by atoms with Gasteiger partial charge in [0.2, 0.25) is 118 Å². The maximum atomic E-state index is 14.6. The van der Waals surface area contributed by atoms with Gasteiger partial charge >= 0.3 is 35.8 Å². The number of unbranched alkanes of at least 4 members (excludes halogenated alkanes) is 1. The zero-order chi connectivity index (χ0) is 110. The largest absolute Gasteiger partial charge is 0.481 e. The van der Waals surface area contributed by atoms with Gasteiger partial charge in [0.15, 0.2) is 5.96 Å². The Hall–Kier alpha value is -14.8. The van der Waals surface area contributed by atoms with Gasteiger partial charge in [0.25, 0.3) is 0 Å². The molecular weight excluding hydrogens is 1950 g/mol. The van der Waals surface area contributed by atoms with E-state index in [1.165, 1.54) is 27.7 Å². The molecule has 0 saturated carbocycles. The summed E-state index contributed by atoms with van der Waals surface area (Å²) in [6.07, 6.45) is -7.75. The van der Waals surface area contributed by atoms with Crippen molar-refractivity contribution in [1.29, 1.82) is 5.41 Å². The number of primary amides is 1. The minimum absolute atomic E-state index is 0.0105. The van der Waals surface area contributed by atoms with Crippen LogP contribution in [0.1, 0.15) is 163 Å². The highest BCUT2D eigenvalue weighted by Crippen LogP contribution is 2.28. The highest BCUT2D eigenvalue weighted by molar-refractivity contribution is 6.04. The summed E-state index contributed by atoms with van der Waals surface area (Å²) in [6.45, 7) is -1.66. The number of hydrogen-bond acceptors (Lipinski definition) is 34. The van der Waals surface area contributed by atoms with E-state index >= 15 is 0 Å². The van der Waals surface area contributed by atoms with Crippen LogP contribution < -0.4 is 108 Å². The van der Waals surface area contributed by atoms with Gasteiger partial charge in [0.05, 0.1) is 64.8 Å². The molecule has 0 spiro atoms. The molecule has 4 aliphatic rings. The second-order valence-electron chi connectivity index (χ2n) is 35.1. The Kier molecular flexibility index (Phi) is 51.4. The number of carboxylic acid groups (broad SMARTS) is 6. The number of likely N-dealkylation sites (tertiary alicyclic amines) is 4. The first-order valence-electron chi connectivity index (χ1n) is 46.7. The van der Waals surface area contributed by atoms with E-state index in [2.05, 4.69) is 74.4 Å². The van der Waals surface area contributed by atoms with Gasteiger partial charge in [-0.15, -0.1) is 0 Å². The lowest BCUT2D eigenvalue weighted by Crippen LogP contribution is -2.62. The number of aliphatic hydroxyl groups is 5. The van der Waals surface area contributed by atoms with Gasteiger partial charge in [-0.25, -0.2) is 0 Å². The molecule has 0 unspecified atom stereocenters. The van der Waals surface area contributed by atoms with Crippen molar-refractivity contribution in [2.24, 2.45) is 28.9 Å². The second kappa shape index (κ2) is 60.7. The Labute approximate surface area is 832 Å². The first-order valence-corrected chi connectivity index (χ1v) is 46.7. The fourth-order valence-corrected chi connectivity index (χ4v) is 15.8. The van der Waals surface area contributed by atoms with Crippen LogP contribution in [0.15, 0.2) is 0 Å². The van der Waals surface area contributed by atoms with Crippen LogP contribution in [0.25, 0.3) is 0 Å². The molecule has 4 aliphatic heterocycles. The number of aliphatic hydroxyl groups excluding tert-OH is 5. The first kappa shape index (κ1) is 124.